The van der Waals surface area contributed by atoms with Gasteiger partial charge in [0.1, 0.15) is 17.5 Å². The number of ether oxygens (including phenoxy) is 2. The second kappa shape index (κ2) is 14.2. The van der Waals surface area contributed by atoms with E-state index < -0.39 is 23.3 Å². The van der Waals surface area contributed by atoms with Gasteiger partial charge in [0.15, 0.2) is 11.6 Å². The number of methoxy groups -OCH3 is 1. The van der Waals surface area contributed by atoms with Crippen LogP contribution in [0.5, 0.6) is 0 Å². The molecule has 2 aromatic carbocycles. The summed E-state index contributed by atoms with van der Waals surface area (Å²) in [6.45, 7) is 9.76. The molecular weight excluding hydrogens is 594 g/mol. The Balaban J connectivity index is 1.38. The highest BCUT2D eigenvalue weighted by Crippen LogP contribution is 2.37. The summed E-state index contributed by atoms with van der Waals surface area (Å²) in [5.74, 6) is -2.18. The number of benzene rings is 2. The van der Waals surface area contributed by atoms with Crippen LogP contribution in [0.4, 0.5) is 13.6 Å². The van der Waals surface area contributed by atoms with Crippen molar-refractivity contribution in [3.8, 4) is 5.69 Å². The van der Waals surface area contributed by atoms with Crippen LogP contribution in [-0.4, -0.2) is 77.1 Å². The lowest BCUT2D eigenvalue weighted by molar-refractivity contribution is -0.155. The summed E-state index contributed by atoms with van der Waals surface area (Å²) in [5.41, 5.74) is 4.23. The molecule has 0 bridgehead atoms. The molecule has 1 aromatic heterocycles. The Kier molecular flexibility index (Phi) is 10.3. The Bertz CT molecular complexity index is 1580. The number of amides is 1. The smallest absolute Gasteiger partial charge is 0.410 e. The van der Waals surface area contributed by atoms with Gasteiger partial charge in [-0.05, 0) is 75.1 Å². The zero-order valence-corrected chi connectivity index (χ0v) is 27.1. The lowest BCUT2D eigenvalue weighted by Crippen LogP contribution is -2.39. The molecule has 0 unspecified atom stereocenters. The highest BCUT2D eigenvalue weighted by Gasteiger charge is 2.37. The number of halogens is 2. The molecule has 0 saturated carbocycles. The van der Waals surface area contributed by atoms with Crippen LogP contribution in [0.25, 0.3) is 11.3 Å². The van der Waals surface area contributed by atoms with Crippen LogP contribution in [0.3, 0.4) is 0 Å². The molecule has 5 rings (SSSR count). The predicted octanol–water partition coefficient (Wildman–Crippen LogP) is 6.24. The Hall–Kier alpha value is -3.93. The average Bonchev–Trinajstić information content (AvgIpc) is 3.57. The van der Waals surface area contributed by atoms with Gasteiger partial charge in [-0.2, -0.15) is 10.2 Å². The number of rotatable bonds is 10. The van der Waals surface area contributed by atoms with E-state index in [1.807, 2.05) is 68.8 Å². The van der Waals surface area contributed by atoms with Crippen LogP contribution < -0.4 is 0 Å². The van der Waals surface area contributed by atoms with Gasteiger partial charge in [0, 0.05) is 52.0 Å². The minimum absolute atomic E-state index is 0.0183. The second-order valence-corrected chi connectivity index (χ2v) is 12.8. The van der Waals surface area contributed by atoms with E-state index in [0.717, 1.165) is 40.3 Å². The maximum Gasteiger partial charge on any atom is 0.410 e. The van der Waals surface area contributed by atoms with Gasteiger partial charge in [-0.15, -0.1) is 0 Å². The van der Waals surface area contributed by atoms with E-state index in [-0.39, 0.29) is 30.6 Å². The quantitative estimate of drug-likeness (QED) is 0.261. The number of hydrogen-bond donors (Lipinski definition) is 0. The number of aromatic nitrogens is 2. The predicted molar refractivity (Wildman–Crippen MR) is 169 cm³/mol. The Labute approximate surface area is 268 Å². The first kappa shape index (κ1) is 33.4. The normalized spacial score (nSPS) is 18.9. The number of nitrogens with zero attached hydrogens (tertiary/aromatic N) is 4. The van der Waals surface area contributed by atoms with E-state index in [1.165, 1.54) is 6.07 Å². The zero-order chi connectivity index (χ0) is 33.0. The second-order valence-electron chi connectivity index (χ2n) is 12.8. The van der Waals surface area contributed by atoms with Crippen molar-refractivity contribution in [2.75, 3.05) is 39.9 Å². The SMILES string of the molecule is COCCN1C[C@@H](CC(=O)Cc2c(C)c(C3=CCN(C(=O)OC(C)(C)C)CC3)nn2-c2ccccc2)[C@H](c2ccc(F)c(F)c2)O1. The number of carbonyl (C=O) groups is 2. The monoisotopic (exact) mass is 636 g/mol. The summed E-state index contributed by atoms with van der Waals surface area (Å²) in [7, 11) is 1.59. The Morgan fingerprint density at radius 1 is 1.09 bits per heavy atom. The molecule has 0 radical (unpaired) electrons. The van der Waals surface area contributed by atoms with E-state index in [0.29, 0.717) is 44.8 Å². The summed E-state index contributed by atoms with van der Waals surface area (Å²) in [5, 5.41) is 6.70. The molecule has 1 saturated heterocycles. The maximum absolute atomic E-state index is 14.2. The topological polar surface area (TPSA) is 86.1 Å². The zero-order valence-electron chi connectivity index (χ0n) is 27.1. The fourth-order valence-corrected chi connectivity index (χ4v) is 5.93. The lowest BCUT2D eigenvalue weighted by Gasteiger charge is -2.29. The first-order valence-electron chi connectivity index (χ1n) is 15.6. The third-order valence-electron chi connectivity index (χ3n) is 8.21. The van der Waals surface area contributed by atoms with Crippen molar-refractivity contribution < 1.29 is 32.7 Å². The average molecular weight is 637 g/mol. The van der Waals surface area contributed by atoms with Crippen molar-refractivity contribution >= 4 is 17.4 Å². The third kappa shape index (κ3) is 7.89. The van der Waals surface area contributed by atoms with E-state index in [2.05, 4.69) is 0 Å². The van der Waals surface area contributed by atoms with E-state index in [1.54, 1.807) is 17.1 Å². The first-order valence-corrected chi connectivity index (χ1v) is 15.6. The molecule has 0 aliphatic carbocycles. The van der Waals surface area contributed by atoms with Crippen molar-refractivity contribution in [3.05, 3.63) is 88.8 Å². The fourth-order valence-electron chi connectivity index (χ4n) is 5.93. The molecule has 1 fully saturated rings. The van der Waals surface area contributed by atoms with Crippen LogP contribution in [-0.2, 0) is 25.5 Å². The molecule has 46 heavy (non-hydrogen) atoms. The molecular formula is C35H42F2N4O5. The number of hydroxylamine groups is 2. The number of para-hydroxylation sites is 1. The minimum atomic E-state index is -0.956. The van der Waals surface area contributed by atoms with E-state index in [9.17, 15) is 18.4 Å². The van der Waals surface area contributed by atoms with E-state index >= 15 is 0 Å². The fraction of sp³-hybridized carbons (Fsp3) is 0.457. The Morgan fingerprint density at radius 2 is 1.85 bits per heavy atom. The molecule has 3 aromatic rings. The maximum atomic E-state index is 14.2. The highest BCUT2D eigenvalue weighted by atomic mass is 19.2. The summed E-state index contributed by atoms with van der Waals surface area (Å²) in [6.07, 6.45) is 1.96. The van der Waals surface area contributed by atoms with Crippen LogP contribution >= 0.6 is 0 Å². The lowest BCUT2D eigenvalue weighted by atomic mass is 9.90. The van der Waals surface area contributed by atoms with Gasteiger partial charge in [-0.25, -0.2) is 18.3 Å². The molecule has 1 amide bonds. The molecule has 11 heteroatoms. The van der Waals surface area contributed by atoms with Crippen LogP contribution in [0.1, 0.15) is 62.2 Å². The van der Waals surface area contributed by atoms with Gasteiger partial charge >= 0.3 is 6.09 Å². The van der Waals surface area contributed by atoms with Crippen LogP contribution in [0.15, 0.2) is 54.6 Å². The molecule has 0 spiro atoms. The number of ketones is 1. The number of hydrogen-bond acceptors (Lipinski definition) is 7. The first-order chi connectivity index (χ1) is 21.9. The van der Waals surface area contributed by atoms with Gasteiger partial charge in [0.2, 0.25) is 0 Å². The summed E-state index contributed by atoms with van der Waals surface area (Å²) >= 11 is 0. The third-order valence-corrected chi connectivity index (χ3v) is 8.21. The minimum Gasteiger partial charge on any atom is -0.444 e. The van der Waals surface area contributed by atoms with Crippen LogP contribution in [0, 0.1) is 24.5 Å². The van der Waals surface area contributed by atoms with Crippen molar-refractivity contribution in [3.63, 3.8) is 0 Å². The summed E-state index contributed by atoms with van der Waals surface area (Å²) in [4.78, 5) is 34.2. The van der Waals surface area contributed by atoms with Gasteiger partial charge < -0.3 is 14.4 Å². The molecule has 2 aliphatic rings. The molecule has 246 valence electrons. The van der Waals surface area contributed by atoms with Crippen LogP contribution in [0.2, 0.25) is 0 Å². The van der Waals surface area contributed by atoms with Crippen molar-refractivity contribution in [1.82, 2.24) is 19.7 Å². The highest BCUT2D eigenvalue weighted by molar-refractivity contribution is 5.82. The van der Waals surface area contributed by atoms with Crippen molar-refractivity contribution in [2.24, 2.45) is 5.92 Å². The molecule has 9 nitrogen and oxygen atoms in total. The van der Waals surface area contributed by atoms with E-state index in [4.69, 9.17) is 19.4 Å². The number of carbonyl (C=O) groups excluding carboxylic acids is 2. The summed E-state index contributed by atoms with van der Waals surface area (Å²) < 4.78 is 40.4. The van der Waals surface area contributed by atoms with Gasteiger partial charge in [0.05, 0.1) is 23.7 Å². The van der Waals surface area contributed by atoms with Gasteiger partial charge in [0.25, 0.3) is 0 Å². The van der Waals surface area contributed by atoms with Gasteiger partial charge in [-0.3, -0.25) is 9.63 Å². The molecule has 0 N–H and O–H groups in total. The Morgan fingerprint density at radius 3 is 2.50 bits per heavy atom. The van der Waals surface area contributed by atoms with Crippen molar-refractivity contribution in [2.45, 2.75) is 58.7 Å². The molecule has 2 aliphatic heterocycles. The largest absolute Gasteiger partial charge is 0.444 e. The number of Topliss-reactive ketones (excluding diaryl/α,β-unsaturated/α-hetero) is 1. The molecule has 2 atom stereocenters. The van der Waals surface area contributed by atoms with Gasteiger partial charge in [-0.1, -0.05) is 30.3 Å². The standard InChI is InChI=1S/C35H42F2N4O5/c1-23-31(21-28(42)19-26-22-40(17-18-44-5)46-33(26)25-11-12-29(36)30(37)20-25)41(27-9-7-6-8-10-27)38-32(23)24-13-15-39(16-14-24)34(43)45-35(2,3)4/h6-13,20,26,33H,14-19,21-22H2,1-5H3/t26-,33+/m1/s1. The van der Waals surface area contributed by atoms with Crippen molar-refractivity contribution in [1.29, 1.82) is 0 Å². The molecule has 3 heterocycles. The summed E-state index contributed by atoms with van der Waals surface area (Å²) in [6, 6.07) is 13.4.